The molecule has 0 aliphatic rings. The third kappa shape index (κ3) is 4.60. The van der Waals surface area contributed by atoms with Crippen molar-refractivity contribution in [1.29, 1.82) is 0 Å². The monoisotopic (exact) mass is 238 g/mol. The lowest BCUT2D eigenvalue weighted by molar-refractivity contribution is -0.761. The van der Waals surface area contributed by atoms with Gasteiger partial charge in [0, 0.05) is 0 Å². The van der Waals surface area contributed by atoms with Crippen LogP contribution in [0, 0.1) is 0 Å². The van der Waals surface area contributed by atoms with Gasteiger partial charge in [-0.25, -0.2) is 0 Å². The highest BCUT2D eigenvalue weighted by atomic mass is 32.2. The van der Waals surface area contributed by atoms with Gasteiger partial charge in [-0.3, -0.25) is 3.87 Å². The summed E-state index contributed by atoms with van der Waals surface area (Å²) < 4.78 is 59.9. The van der Waals surface area contributed by atoms with E-state index in [2.05, 4.69) is 3.87 Å². The highest BCUT2D eigenvalue weighted by Crippen LogP contribution is 2.24. The quantitative estimate of drug-likeness (QED) is 0.494. The minimum Gasteiger partial charge on any atom is -0.373 e. The van der Waals surface area contributed by atoms with E-state index in [1.807, 2.05) is 0 Å². The van der Waals surface area contributed by atoms with Gasteiger partial charge in [-0.1, -0.05) is 0 Å². The number of nitrogens with zero attached hydrogens (tertiary/aromatic N) is 1. The van der Waals surface area contributed by atoms with Crippen LogP contribution in [0.2, 0.25) is 0 Å². The molecule has 0 aromatic rings. The highest BCUT2D eigenvalue weighted by Gasteiger charge is 2.48. The molecule has 0 unspecified atom stereocenters. The van der Waals surface area contributed by atoms with Crippen molar-refractivity contribution in [3.8, 4) is 0 Å². The first-order valence-electron chi connectivity index (χ1n) is 3.22. The molecule has 0 rings (SSSR count). The summed E-state index contributed by atoms with van der Waals surface area (Å²) in [6.45, 7) is 0. The van der Waals surface area contributed by atoms with Crippen LogP contribution in [-0.2, 0) is 14.0 Å². The zero-order valence-corrected chi connectivity index (χ0v) is 9.65. The maximum atomic E-state index is 11.7. The summed E-state index contributed by atoms with van der Waals surface area (Å²) in [4.78, 5) is 0. The molecule has 9 heteroatoms. The van der Waals surface area contributed by atoms with Gasteiger partial charge in [0.1, 0.15) is 0 Å². The van der Waals surface area contributed by atoms with Gasteiger partial charge in [0.2, 0.25) is 0 Å². The second kappa shape index (κ2) is 3.56. The van der Waals surface area contributed by atoms with Crippen molar-refractivity contribution in [3.63, 3.8) is 0 Å². The lowest BCUT2D eigenvalue weighted by Gasteiger charge is -2.23. The molecule has 0 radical (unpaired) electrons. The number of quaternary nitrogens is 1. The van der Waals surface area contributed by atoms with E-state index >= 15 is 0 Å². The van der Waals surface area contributed by atoms with Crippen molar-refractivity contribution >= 4 is 20.0 Å². The van der Waals surface area contributed by atoms with Crippen LogP contribution in [-0.4, -0.2) is 49.1 Å². The lowest BCUT2D eigenvalue weighted by Crippen LogP contribution is -2.43. The molecule has 0 fully saturated rings. The molecule has 0 spiro atoms. The van der Waals surface area contributed by atoms with Gasteiger partial charge < -0.3 is 4.15 Å². The third-order valence-corrected chi connectivity index (χ3v) is 3.88. The molecule has 4 nitrogen and oxygen atoms in total. The molecule has 0 saturated carbocycles. The molecule has 0 aliphatic carbocycles. The van der Waals surface area contributed by atoms with Crippen LogP contribution in [0.4, 0.5) is 13.2 Å². The predicted octanol–water partition coefficient (Wildman–Crippen LogP) is -0.442. The zero-order chi connectivity index (χ0) is 10.9. The average molecular weight is 238 g/mol. The van der Waals surface area contributed by atoms with E-state index in [0.29, 0.717) is 0 Å². The average Bonchev–Trinajstić information content (AvgIpc) is 1.79. The standard InChI is InChI=1S/C4H11F3NO3SSi/c1-8(2,3)13-11-12(9,10)4(5,6)7/h13H2,1-3H3/q+1. The number of hydrogen-bond donors (Lipinski definition) is 0. The van der Waals surface area contributed by atoms with Gasteiger partial charge in [0.15, 0.2) is 0 Å². The summed E-state index contributed by atoms with van der Waals surface area (Å²) in [5.74, 6) is 0. The van der Waals surface area contributed by atoms with Crippen LogP contribution < -0.4 is 0 Å². The molecule has 0 heterocycles. The second-order valence-electron chi connectivity index (χ2n) is 3.44. The summed E-state index contributed by atoms with van der Waals surface area (Å²) in [7, 11) is -2.49. The lowest BCUT2D eigenvalue weighted by atomic mass is 11.0. The van der Waals surface area contributed by atoms with Gasteiger partial charge in [-0.05, 0) is 0 Å². The summed E-state index contributed by atoms with van der Waals surface area (Å²) in [6, 6.07) is 0. The van der Waals surface area contributed by atoms with Crippen LogP contribution >= 0.6 is 0 Å². The van der Waals surface area contributed by atoms with Crippen molar-refractivity contribution in [2.75, 3.05) is 21.1 Å². The predicted molar refractivity (Wildman–Crippen MR) is 42.6 cm³/mol. The first-order chi connectivity index (χ1) is 5.46. The Hall–Kier alpha value is -0.123. The van der Waals surface area contributed by atoms with Crippen molar-refractivity contribution in [1.82, 2.24) is 0 Å². The Kier molecular flexibility index (Phi) is 3.52. The highest BCUT2D eigenvalue weighted by molar-refractivity contribution is 7.88. The fourth-order valence-electron chi connectivity index (χ4n) is 0.294. The van der Waals surface area contributed by atoms with E-state index in [1.54, 1.807) is 21.1 Å². The summed E-state index contributed by atoms with van der Waals surface area (Å²) in [5.41, 5.74) is -5.31. The van der Waals surface area contributed by atoms with E-state index in [-0.39, 0.29) is 4.15 Å². The van der Waals surface area contributed by atoms with Gasteiger partial charge in [0.25, 0.3) is 0 Å². The topological polar surface area (TPSA) is 43.4 Å². The Labute approximate surface area is 77.0 Å². The molecule has 80 valence electrons. The Morgan fingerprint density at radius 2 is 1.62 bits per heavy atom. The molecule has 0 N–H and O–H groups in total. The maximum Gasteiger partial charge on any atom is 0.522 e. The fraction of sp³-hybridized carbons (Fsp3) is 1.00. The van der Waals surface area contributed by atoms with Crippen molar-refractivity contribution < 1.29 is 29.6 Å². The molecule has 13 heavy (non-hydrogen) atoms. The first-order valence-corrected chi connectivity index (χ1v) is 5.84. The van der Waals surface area contributed by atoms with Gasteiger partial charge >= 0.3 is 25.6 Å². The zero-order valence-electron chi connectivity index (χ0n) is 7.42. The van der Waals surface area contributed by atoms with E-state index in [1.165, 1.54) is 0 Å². The maximum absolute atomic E-state index is 11.7. The normalized spacial score (nSPS) is 15.5. The Morgan fingerprint density at radius 1 is 1.23 bits per heavy atom. The molecule has 0 aromatic carbocycles. The minimum absolute atomic E-state index is 0.106. The van der Waals surface area contributed by atoms with Crippen LogP contribution in [0.3, 0.4) is 0 Å². The number of alkyl halides is 3. The molecule has 0 aliphatic heterocycles. The first kappa shape index (κ1) is 12.9. The molecule has 0 amide bonds. The van der Waals surface area contributed by atoms with Crippen LogP contribution in [0.5, 0.6) is 0 Å². The fourth-order valence-corrected chi connectivity index (χ4v) is 2.65. The van der Waals surface area contributed by atoms with Crippen molar-refractivity contribution in [2.45, 2.75) is 5.51 Å². The minimum atomic E-state index is -5.38. The Balaban J connectivity index is 4.40. The second-order valence-corrected chi connectivity index (χ2v) is 7.91. The molecule has 0 saturated heterocycles. The van der Waals surface area contributed by atoms with Gasteiger partial charge in [-0.2, -0.15) is 21.6 Å². The summed E-state index contributed by atoms with van der Waals surface area (Å²) in [5, 5.41) is 0. The van der Waals surface area contributed by atoms with E-state index in [9.17, 15) is 21.6 Å². The Bertz CT molecular complexity index is 267. The van der Waals surface area contributed by atoms with E-state index < -0.39 is 25.6 Å². The number of rotatable bonds is 3. The molecule has 0 bridgehead atoms. The summed E-state index contributed by atoms with van der Waals surface area (Å²) in [6.07, 6.45) is 0. The van der Waals surface area contributed by atoms with Crippen molar-refractivity contribution in [3.05, 3.63) is 0 Å². The van der Waals surface area contributed by atoms with Crippen molar-refractivity contribution in [2.24, 2.45) is 0 Å². The molecular formula is C4H11F3NO3SSi+. The van der Waals surface area contributed by atoms with Crippen LogP contribution in [0.1, 0.15) is 0 Å². The molecule has 0 atom stereocenters. The van der Waals surface area contributed by atoms with Gasteiger partial charge in [-0.15, -0.1) is 0 Å². The number of hydrogen-bond acceptors (Lipinski definition) is 3. The molecular weight excluding hydrogens is 227 g/mol. The Morgan fingerprint density at radius 3 is 1.85 bits per heavy atom. The third-order valence-electron chi connectivity index (χ3n) is 0.879. The SMILES string of the molecule is C[N+](C)(C)[SiH2]OS(=O)(=O)C(F)(F)F. The molecule has 0 aromatic heterocycles. The van der Waals surface area contributed by atoms with E-state index in [0.717, 1.165) is 0 Å². The van der Waals surface area contributed by atoms with Crippen LogP contribution in [0.15, 0.2) is 0 Å². The number of halogens is 3. The smallest absolute Gasteiger partial charge is 0.373 e. The van der Waals surface area contributed by atoms with Gasteiger partial charge in [0.05, 0.1) is 21.1 Å². The van der Waals surface area contributed by atoms with Crippen LogP contribution in [0.25, 0.3) is 0 Å². The largest absolute Gasteiger partial charge is 0.522 e. The van der Waals surface area contributed by atoms with E-state index in [4.69, 9.17) is 0 Å². The summed E-state index contributed by atoms with van der Waals surface area (Å²) >= 11 is 0.